The fourth-order valence-electron chi connectivity index (χ4n) is 1.18. The Morgan fingerprint density at radius 2 is 2.31 bits per heavy atom. The van der Waals surface area contributed by atoms with Crippen LogP contribution in [0.4, 0.5) is 0 Å². The first-order valence-electron chi connectivity index (χ1n) is 4.25. The minimum absolute atomic E-state index is 0.0122. The van der Waals surface area contributed by atoms with E-state index in [4.69, 9.17) is 0 Å². The molecule has 0 spiro atoms. The number of nitrogens with one attached hydrogen (secondary N) is 1. The third-order valence-corrected chi connectivity index (χ3v) is 1.92. The van der Waals surface area contributed by atoms with Crippen LogP contribution in [0.3, 0.4) is 0 Å². The average Bonchev–Trinajstić information content (AvgIpc) is 2.46. The van der Waals surface area contributed by atoms with Gasteiger partial charge < -0.3 is 0 Å². The van der Waals surface area contributed by atoms with Crippen molar-refractivity contribution in [2.75, 3.05) is 0 Å². The molecule has 2 heterocycles. The van der Waals surface area contributed by atoms with Gasteiger partial charge in [-0.05, 0) is 0 Å². The second-order valence-corrected chi connectivity index (χ2v) is 3.35. The molecule has 0 atom stereocenters. The molecule has 68 valence electrons. The van der Waals surface area contributed by atoms with Crippen molar-refractivity contribution in [3.63, 3.8) is 0 Å². The monoisotopic (exact) mass is 177 g/mol. The Kier molecular flexibility index (Phi) is 1.69. The Labute approximate surface area is 75.2 Å². The van der Waals surface area contributed by atoms with E-state index in [0.717, 1.165) is 5.82 Å². The van der Waals surface area contributed by atoms with Crippen LogP contribution in [0.1, 0.15) is 25.6 Å². The highest BCUT2D eigenvalue weighted by Crippen LogP contribution is 2.09. The summed E-state index contributed by atoms with van der Waals surface area (Å²) >= 11 is 0. The first-order valence-corrected chi connectivity index (χ1v) is 4.25. The number of aromatic amines is 1. The fourth-order valence-corrected chi connectivity index (χ4v) is 1.18. The largest absolute Gasteiger partial charge is 0.290 e. The van der Waals surface area contributed by atoms with Crippen LogP contribution in [0.2, 0.25) is 0 Å². The summed E-state index contributed by atoms with van der Waals surface area (Å²) in [6.07, 6.45) is 1.69. The molecule has 2 aromatic rings. The van der Waals surface area contributed by atoms with Crippen LogP contribution in [-0.4, -0.2) is 14.6 Å². The van der Waals surface area contributed by atoms with Crippen LogP contribution in [0.15, 0.2) is 23.1 Å². The van der Waals surface area contributed by atoms with E-state index in [-0.39, 0.29) is 5.43 Å². The molecule has 2 rings (SSSR count). The van der Waals surface area contributed by atoms with Gasteiger partial charge in [0.05, 0.1) is 0 Å². The third kappa shape index (κ3) is 1.35. The zero-order valence-electron chi connectivity index (χ0n) is 7.61. The second kappa shape index (κ2) is 2.73. The standard InChI is InChI=1S/C9H11N3O/c1-6(2)9-10-8-5-7(13)3-4-12(8)11-9/h3-6H,1-2H3,(H,10,11). The van der Waals surface area contributed by atoms with E-state index in [2.05, 4.69) is 23.9 Å². The van der Waals surface area contributed by atoms with Crippen molar-refractivity contribution in [3.8, 4) is 0 Å². The highest BCUT2D eigenvalue weighted by Gasteiger charge is 2.04. The van der Waals surface area contributed by atoms with E-state index in [0.29, 0.717) is 11.6 Å². The molecular weight excluding hydrogens is 166 g/mol. The van der Waals surface area contributed by atoms with Crippen LogP contribution in [0.5, 0.6) is 0 Å². The molecule has 13 heavy (non-hydrogen) atoms. The number of hydrogen-bond acceptors (Lipinski definition) is 2. The van der Waals surface area contributed by atoms with Crippen molar-refractivity contribution in [1.82, 2.24) is 14.6 Å². The smallest absolute Gasteiger partial charge is 0.183 e. The molecule has 4 heteroatoms. The minimum Gasteiger partial charge on any atom is -0.290 e. The normalized spacial score (nSPS) is 11.3. The summed E-state index contributed by atoms with van der Waals surface area (Å²) in [5.74, 6) is 1.24. The number of pyridine rings is 1. The lowest BCUT2D eigenvalue weighted by Crippen LogP contribution is -1.98. The Morgan fingerprint density at radius 1 is 1.54 bits per heavy atom. The van der Waals surface area contributed by atoms with Crippen LogP contribution < -0.4 is 5.43 Å². The Bertz CT molecular complexity index is 481. The fraction of sp³-hybridized carbons (Fsp3) is 0.333. The van der Waals surface area contributed by atoms with Gasteiger partial charge in [-0.25, -0.2) is 9.50 Å². The van der Waals surface area contributed by atoms with Gasteiger partial charge in [-0.2, -0.15) is 0 Å². The molecule has 0 radical (unpaired) electrons. The number of aromatic nitrogens is 3. The van der Waals surface area contributed by atoms with E-state index < -0.39 is 0 Å². The zero-order chi connectivity index (χ0) is 9.42. The summed E-state index contributed by atoms with van der Waals surface area (Å²) in [5.41, 5.74) is 0.665. The van der Waals surface area contributed by atoms with E-state index in [1.807, 2.05) is 0 Å². The van der Waals surface area contributed by atoms with Crippen LogP contribution in [0, 0.1) is 0 Å². The van der Waals surface area contributed by atoms with Gasteiger partial charge in [0.1, 0.15) is 5.82 Å². The second-order valence-electron chi connectivity index (χ2n) is 3.35. The molecule has 0 saturated carbocycles. The summed E-state index contributed by atoms with van der Waals surface area (Å²) in [6.45, 7) is 4.10. The molecule has 0 fully saturated rings. The zero-order valence-corrected chi connectivity index (χ0v) is 7.61. The van der Waals surface area contributed by atoms with Crippen molar-refractivity contribution >= 4 is 5.65 Å². The van der Waals surface area contributed by atoms with Crippen molar-refractivity contribution in [1.29, 1.82) is 0 Å². The van der Waals surface area contributed by atoms with Crippen LogP contribution in [0.25, 0.3) is 5.65 Å². The quantitative estimate of drug-likeness (QED) is 0.710. The van der Waals surface area contributed by atoms with Crippen molar-refractivity contribution in [3.05, 3.63) is 34.4 Å². The molecule has 0 unspecified atom stereocenters. The molecule has 0 aliphatic heterocycles. The van der Waals surface area contributed by atoms with Gasteiger partial charge in [0.2, 0.25) is 0 Å². The van der Waals surface area contributed by atoms with Crippen molar-refractivity contribution < 1.29 is 0 Å². The van der Waals surface area contributed by atoms with E-state index in [9.17, 15) is 4.79 Å². The molecule has 0 amide bonds. The predicted octanol–water partition coefficient (Wildman–Crippen LogP) is 1.15. The molecule has 0 bridgehead atoms. The number of H-pyrrole nitrogens is 1. The first-order chi connectivity index (χ1) is 6.16. The maximum absolute atomic E-state index is 11.0. The molecule has 0 saturated heterocycles. The maximum atomic E-state index is 11.0. The Morgan fingerprint density at radius 3 is 3.00 bits per heavy atom. The topological polar surface area (TPSA) is 50.2 Å². The predicted molar refractivity (Wildman–Crippen MR) is 49.9 cm³/mol. The SMILES string of the molecule is CC(C)c1nc2cc(=O)ccn2[nH]1. The molecular formula is C9H11N3O. The lowest BCUT2D eigenvalue weighted by molar-refractivity contribution is 0.765. The van der Waals surface area contributed by atoms with Crippen LogP contribution in [-0.2, 0) is 0 Å². The lowest BCUT2D eigenvalue weighted by Gasteiger charge is -1.95. The van der Waals surface area contributed by atoms with Gasteiger partial charge in [-0.1, -0.05) is 13.8 Å². The van der Waals surface area contributed by atoms with Crippen LogP contribution >= 0.6 is 0 Å². The van der Waals surface area contributed by atoms with Crippen molar-refractivity contribution in [2.24, 2.45) is 0 Å². The van der Waals surface area contributed by atoms with Gasteiger partial charge in [-0.15, -0.1) is 0 Å². The minimum atomic E-state index is -0.0122. The van der Waals surface area contributed by atoms with E-state index in [1.165, 1.54) is 12.1 Å². The van der Waals surface area contributed by atoms with E-state index >= 15 is 0 Å². The lowest BCUT2D eigenvalue weighted by atomic mass is 10.2. The Hall–Kier alpha value is -1.58. The number of fused-ring (bicyclic) bond motifs is 1. The van der Waals surface area contributed by atoms with Crippen molar-refractivity contribution in [2.45, 2.75) is 19.8 Å². The summed E-state index contributed by atoms with van der Waals surface area (Å²) < 4.78 is 1.75. The van der Waals surface area contributed by atoms with Gasteiger partial charge in [-0.3, -0.25) is 9.89 Å². The highest BCUT2D eigenvalue weighted by atomic mass is 16.1. The molecule has 2 aromatic heterocycles. The van der Waals surface area contributed by atoms with Gasteiger partial charge in [0.15, 0.2) is 11.1 Å². The number of nitrogens with zero attached hydrogens (tertiary/aromatic N) is 2. The summed E-state index contributed by atoms with van der Waals surface area (Å²) in [6, 6.07) is 3.03. The van der Waals surface area contributed by atoms with E-state index in [1.54, 1.807) is 10.7 Å². The highest BCUT2D eigenvalue weighted by molar-refractivity contribution is 5.36. The molecule has 0 aromatic carbocycles. The molecule has 1 N–H and O–H groups in total. The molecule has 0 aliphatic rings. The van der Waals surface area contributed by atoms with Gasteiger partial charge in [0.25, 0.3) is 0 Å². The third-order valence-electron chi connectivity index (χ3n) is 1.92. The summed E-state index contributed by atoms with van der Waals surface area (Å²) in [5, 5.41) is 3.09. The maximum Gasteiger partial charge on any atom is 0.183 e. The van der Waals surface area contributed by atoms with Gasteiger partial charge in [0, 0.05) is 24.2 Å². The Balaban J connectivity index is 2.69. The molecule has 0 aliphatic carbocycles. The first kappa shape index (κ1) is 8.04. The number of rotatable bonds is 1. The molecule has 4 nitrogen and oxygen atoms in total. The summed E-state index contributed by atoms with van der Waals surface area (Å²) in [7, 11) is 0. The number of hydrogen-bond donors (Lipinski definition) is 1. The van der Waals surface area contributed by atoms with Gasteiger partial charge >= 0.3 is 0 Å². The average molecular weight is 177 g/mol. The summed E-state index contributed by atoms with van der Waals surface area (Å²) in [4.78, 5) is 15.3.